The predicted molar refractivity (Wildman–Crippen MR) is 67.9 cm³/mol. The molecule has 0 heterocycles. The summed E-state index contributed by atoms with van der Waals surface area (Å²) in [6.45, 7) is 0.535. The van der Waals surface area contributed by atoms with Gasteiger partial charge in [-0.05, 0) is 37.1 Å². The minimum Gasteiger partial charge on any atom is -0.497 e. The molecule has 0 aliphatic heterocycles. The molecular weight excluding hydrogens is 214 g/mol. The van der Waals surface area contributed by atoms with Crippen molar-refractivity contribution in [1.82, 2.24) is 0 Å². The first kappa shape index (κ1) is 12.4. The summed E-state index contributed by atoms with van der Waals surface area (Å²) in [5, 5.41) is 10.9. The maximum atomic E-state index is 10.9. The van der Waals surface area contributed by atoms with Gasteiger partial charge in [-0.25, -0.2) is 0 Å². The molecule has 0 aromatic heterocycles. The van der Waals surface area contributed by atoms with Crippen LogP contribution < -0.4 is 10.5 Å². The molecule has 0 amide bonds. The van der Waals surface area contributed by atoms with Gasteiger partial charge in [-0.3, -0.25) is 0 Å². The lowest BCUT2D eigenvalue weighted by Crippen LogP contribution is -2.41. The summed E-state index contributed by atoms with van der Waals surface area (Å²) in [6.07, 6.45) is 4.02. The number of rotatable bonds is 3. The van der Waals surface area contributed by atoms with Crippen LogP contribution in [0.5, 0.6) is 5.75 Å². The average Bonchev–Trinajstić information content (AvgIpc) is 2.39. The number of ether oxygens (including phenoxy) is 1. The van der Waals surface area contributed by atoms with Crippen molar-refractivity contribution < 1.29 is 9.84 Å². The lowest BCUT2D eigenvalue weighted by atomic mass is 9.71. The highest BCUT2D eigenvalue weighted by atomic mass is 16.5. The Hall–Kier alpha value is -1.06. The Labute approximate surface area is 103 Å². The fraction of sp³-hybridized carbons (Fsp3) is 0.571. The van der Waals surface area contributed by atoms with Gasteiger partial charge in [0.05, 0.1) is 12.7 Å². The number of hydrogen-bond donors (Lipinski definition) is 2. The second kappa shape index (κ2) is 5.07. The lowest BCUT2D eigenvalue weighted by Gasteiger charge is -2.40. The van der Waals surface area contributed by atoms with E-state index < -0.39 is 5.60 Å². The Morgan fingerprint density at radius 2 is 2.29 bits per heavy atom. The van der Waals surface area contributed by atoms with Gasteiger partial charge in [-0.1, -0.05) is 25.0 Å². The number of nitrogens with two attached hydrogens (primary N) is 1. The molecule has 1 fully saturated rings. The van der Waals surface area contributed by atoms with E-state index in [-0.39, 0.29) is 5.92 Å². The van der Waals surface area contributed by atoms with Gasteiger partial charge >= 0.3 is 0 Å². The van der Waals surface area contributed by atoms with Crippen molar-refractivity contribution in [3.63, 3.8) is 0 Å². The van der Waals surface area contributed by atoms with E-state index in [9.17, 15) is 5.11 Å². The summed E-state index contributed by atoms with van der Waals surface area (Å²) in [5.74, 6) is 0.945. The van der Waals surface area contributed by atoms with Crippen LogP contribution >= 0.6 is 0 Å². The lowest BCUT2D eigenvalue weighted by molar-refractivity contribution is -0.0507. The van der Waals surface area contributed by atoms with E-state index in [1.807, 2.05) is 24.3 Å². The molecule has 1 aromatic carbocycles. The predicted octanol–water partition coefficient (Wildman–Crippen LogP) is 2.03. The largest absolute Gasteiger partial charge is 0.497 e. The molecule has 0 saturated heterocycles. The Morgan fingerprint density at radius 1 is 1.47 bits per heavy atom. The van der Waals surface area contributed by atoms with Crippen molar-refractivity contribution in [2.45, 2.75) is 31.3 Å². The van der Waals surface area contributed by atoms with Gasteiger partial charge in [0, 0.05) is 5.92 Å². The zero-order valence-corrected chi connectivity index (χ0v) is 10.4. The molecule has 0 radical (unpaired) electrons. The summed E-state index contributed by atoms with van der Waals surface area (Å²) in [5.41, 5.74) is 5.96. The quantitative estimate of drug-likeness (QED) is 0.843. The maximum Gasteiger partial charge on any atom is 0.119 e. The van der Waals surface area contributed by atoms with Crippen molar-refractivity contribution in [3.8, 4) is 5.75 Å². The van der Waals surface area contributed by atoms with E-state index in [4.69, 9.17) is 10.5 Å². The van der Waals surface area contributed by atoms with Gasteiger partial charge in [-0.15, -0.1) is 0 Å². The van der Waals surface area contributed by atoms with Crippen LogP contribution in [0.15, 0.2) is 24.3 Å². The number of methoxy groups -OCH3 is 1. The van der Waals surface area contributed by atoms with Gasteiger partial charge in [0.15, 0.2) is 0 Å². The summed E-state index contributed by atoms with van der Waals surface area (Å²) in [6, 6.07) is 7.71. The van der Waals surface area contributed by atoms with E-state index in [1.165, 1.54) is 0 Å². The molecule has 1 aromatic rings. The summed E-state index contributed by atoms with van der Waals surface area (Å²) in [7, 11) is 1.64. The molecule has 1 aliphatic rings. The summed E-state index contributed by atoms with van der Waals surface area (Å²) in [4.78, 5) is 0. The molecule has 2 atom stereocenters. The number of aliphatic hydroxyl groups is 1. The topological polar surface area (TPSA) is 55.5 Å². The highest BCUT2D eigenvalue weighted by Gasteiger charge is 2.39. The SMILES string of the molecule is COc1cccc([C@@]2(O)CCCC[C@@H]2CN)c1. The molecular formula is C14H21NO2. The van der Waals surface area contributed by atoms with E-state index in [1.54, 1.807) is 7.11 Å². The first-order chi connectivity index (χ1) is 8.20. The van der Waals surface area contributed by atoms with Crippen LogP contribution in [0.4, 0.5) is 0 Å². The van der Waals surface area contributed by atoms with Gasteiger partial charge in [0.1, 0.15) is 5.75 Å². The average molecular weight is 235 g/mol. The molecule has 3 N–H and O–H groups in total. The minimum atomic E-state index is -0.776. The molecule has 94 valence electrons. The van der Waals surface area contributed by atoms with E-state index in [2.05, 4.69) is 0 Å². The highest BCUT2D eigenvalue weighted by Crippen LogP contribution is 2.41. The molecule has 1 aliphatic carbocycles. The van der Waals surface area contributed by atoms with Crippen LogP contribution in [0.3, 0.4) is 0 Å². The molecule has 3 heteroatoms. The Kier molecular flexibility index (Phi) is 3.69. The van der Waals surface area contributed by atoms with Crippen molar-refractivity contribution in [2.24, 2.45) is 11.7 Å². The third-order valence-electron chi connectivity index (χ3n) is 3.89. The van der Waals surface area contributed by atoms with E-state index >= 15 is 0 Å². The molecule has 0 spiro atoms. The molecule has 1 saturated carbocycles. The van der Waals surface area contributed by atoms with Crippen molar-refractivity contribution in [2.75, 3.05) is 13.7 Å². The fourth-order valence-electron chi connectivity index (χ4n) is 2.81. The maximum absolute atomic E-state index is 10.9. The number of benzene rings is 1. The van der Waals surface area contributed by atoms with Gasteiger partial charge in [0.25, 0.3) is 0 Å². The van der Waals surface area contributed by atoms with Crippen molar-refractivity contribution in [3.05, 3.63) is 29.8 Å². The first-order valence-corrected chi connectivity index (χ1v) is 6.27. The van der Waals surface area contributed by atoms with Crippen LogP contribution in [0.2, 0.25) is 0 Å². The van der Waals surface area contributed by atoms with Crippen LogP contribution in [0, 0.1) is 5.92 Å². The smallest absolute Gasteiger partial charge is 0.119 e. The Bertz CT molecular complexity index is 380. The third kappa shape index (κ3) is 2.31. The number of hydrogen-bond acceptors (Lipinski definition) is 3. The molecule has 0 unspecified atom stereocenters. The van der Waals surface area contributed by atoms with E-state index in [0.29, 0.717) is 6.54 Å². The Balaban J connectivity index is 2.33. The van der Waals surface area contributed by atoms with E-state index in [0.717, 1.165) is 37.0 Å². The fourth-order valence-corrected chi connectivity index (χ4v) is 2.81. The summed E-state index contributed by atoms with van der Waals surface area (Å²) < 4.78 is 5.22. The molecule has 17 heavy (non-hydrogen) atoms. The zero-order valence-electron chi connectivity index (χ0n) is 10.4. The van der Waals surface area contributed by atoms with Gasteiger partial charge < -0.3 is 15.6 Å². The minimum absolute atomic E-state index is 0.156. The van der Waals surface area contributed by atoms with Gasteiger partial charge in [0.2, 0.25) is 0 Å². The Morgan fingerprint density at radius 3 is 3.00 bits per heavy atom. The summed E-state index contributed by atoms with van der Waals surface area (Å²) >= 11 is 0. The second-order valence-electron chi connectivity index (χ2n) is 4.83. The molecule has 2 rings (SSSR count). The van der Waals surface area contributed by atoms with Crippen LogP contribution in [-0.4, -0.2) is 18.8 Å². The standard InChI is InChI=1S/C14H21NO2/c1-17-13-7-4-6-11(9-13)14(16)8-3-2-5-12(14)10-15/h4,6-7,9,12,16H,2-3,5,8,10,15H2,1H3/t12-,14+/m1/s1. The van der Waals surface area contributed by atoms with Gasteiger partial charge in [-0.2, -0.15) is 0 Å². The second-order valence-corrected chi connectivity index (χ2v) is 4.83. The van der Waals surface area contributed by atoms with Crippen LogP contribution in [0.25, 0.3) is 0 Å². The van der Waals surface area contributed by atoms with Crippen molar-refractivity contribution in [1.29, 1.82) is 0 Å². The molecule has 0 bridgehead atoms. The molecule has 3 nitrogen and oxygen atoms in total. The monoisotopic (exact) mass is 235 g/mol. The zero-order chi connectivity index (χ0) is 12.3. The van der Waals surface area contributed by atoms with Crippen molar-refractivity contribution >= 4 is 0 Å². The van der Waals surface area contributed by atoms with Crippen LogP contribution in [0.1, 0.15) is 31.2 Å². The van der Waals surface area contributed by atoms with Crippen LogP contribution in [-0.2, 0) is 5.60 Å². The first-order valence-electron chi connectivity index (χ1n) is 6.27. The highest BCUT2D eigenvalue weighted by molar-refractivity contribution is 5.33. The third-order valence-corrected chi connectivity index (χ3v) is 3.89. The normalized spacial score (nSPS) is 29.0.